The second-order valence-corrected chi connectivity index (χ2v) is 7.63. The first-order chi connectivity index (χ1) is 15.5. The Kier molecular flexibility index (Phi) is 6.65. The van der Waals surface area contributed by atoms with E-state index in [1.165, 1.54) is 18.3 Å². The van der Waals surface area contributed by atoms with Gasteiger partial charge >= 0.3 is 11.7 Å². The summed E-state index contributed by atoms with van der Waals surface area (Å²) in [5.74, 6) is -0.345. The molecule has 1 aromatic carbocycles. The number of hydrogen-bond donors (Lipinski definition) is 1. The summed E-state index contributed by atoms with van der Waals surface area (Å²) < 4.78 is 23.8. The van der Waals surface area contributed by atoms with Crippen LogP contribution in [0.2, 0.25) is 0 Å². The molecular weight excluding hydrogens is 415 g/mol. The summed E-state index contributed by atoms with van der Waals surface area (Å²) in [6.45, 7) is 5.73. The lowest BCUT2D eigenvalue weighted by molar-refractivity contribution is 0.168. The van der Waals surface area contributed by atoms with E-state index in [2.05, 4.69) is 20.1 Å². The van der Waals surface area contributed by atoms with Crippen molar-refractivity contribution in [2.45, 2.75) is 19.9 Å². The van der Waals surface area contributed by atoms with Crippen molar-refractivity contribution < 1.29 is 18.3 Å². The van der Waals surface area contributed by atoms with Crippen molar-refractivity contribution >= 4 is 28.4 Å². The summed E-state index contributed by atoms with van der Waals surface area (Å²) in [5, 5.41) is 3.43. The van der Waals surface area contributed by atoms with E-state index in [4.69, 9.17) is 9.15 Å². The van der Waals surface area contributed by atoms with Crippen LogP contribution in [0.15, 0.2) is 51.9 Å². The van der Waals surface area contributed by atoms with Gasteiger partial charge in [0.2, 0.25) is 0 Å². The molecule has 0 atom stereocenters. The van der Waals surface area contributed by atoms with Crippen molar-refractivity contribution in [2.75, 3.05) is 43.0 Å². The maximum Gasteiger partial charge on any atom is 0.411 e. The molecule has 4 rings (SSSR count). The van der Waals surface area contributed by atoms with Crippen molar-refractivity contribution in [3.63, 3.8) is 0 Å². The molecule has 8 nitrogen and oxygen atoms in total. The molecule has 9 heteroatoms. The van der Waals surface area contributed by atoms with Crippen LogP contribution < -0.4 is 15.8 Å². The molecule has 0 aliphatic carbocycles. The SMILES string of the molecule is CCOC(=O)Nc1ccc2c(CN3CCCN(c4cncc(F)c4)CC3)cc(=O)oc2c1. The minimum absolute atomic E-state index is 0.266. The normalized spacial score (nSPS) is 14.9. The van der Waals surface area contributed by atoms with Crippen LogP contribution in [0.5, 0.6) is 0 Å². The highest BCUT2D eigenvalue weighted by Crippen LogP contribution is 2.24. The van der Waals surface area contributed by atoms with Crippen LogP contribution >= 0.6 is 0 Å². The van der Waals surface area contributed by atoms with Crippen molar-refractivity contribution in [2.24, 2.45) is 0 Å². The number of carbonyl (C=O) groups excluding carboxylic acids is 1. The summed E-state index contributed by atoms with van der Waals surface area (Å²) in [5.41, 5.74) is 2.09. The Labute approximate surface area is 184 Å². The number of halogens is 1. The lowest BCUT2D eigenvalue weighted by Gasteiger charge is -2.23. The monoisotopic (exact) mass is 440 g/mol. The van der Waals surface area contributed by atoms with Gasteiger partial charge in [0.15, 0.2) is 0 Å². The van der Waals surface area contributed by atoms with Gasteiger partial charge in [-0.15, -0.1) is 0 Å². The minimum atomic E-state index is -0.562. The minimum Gasteiger partial charge on any atom is -0.450 e. The average molecular weight is 440 g/mol. The van der Waals surface area contributed by atoms with Crippen LogP contribution in [-0.2, 0) is 11.3 Å². The maximum absolute atomic E-state index is 13.5. The van der Waals surface area contributed by atoms with Gasteiger partial charge in [-0.2, -0.15) is 0 Å². The van der Waals surface area contributed by atoms with Crippen molar-refractivity contribution in [1.82, 2.24) is 9.88 Å². The fourth-order valence-corrected chi connectivity index (χ4v) is 3.93. The van der Waals surface area contributed by atoms with Gasteiger partial charge < -0.3 is 14.1 Å². The average Bonchev–Trinajstić information content (AvgIpc) is 2.99. The van der Waals surface area contributed by atoms with E-state index >= 15 is 0 Å². The number of fused-ring (bicyclic) bond motifs is 1. The lowest BCUT2D eigenvalue weighted by Crippen LogP contribution is -2.30. The molecule has 32 heavy (non-hydrogen) atoms. The van der Waals surface area contributed by atoms with Crippen LogP contribution in [-0.4, -0.2) is 48.8 Å². The molecule has 3 aromatic rings. The van der Waals surface area contributed by atoms with Gasteiger partial charge in [-0.25, -0.2) is 14.0 Å². The Morgan fingerprint density at radius 1 is 1.19 bits per heavy atom. The highest BCUT2D eigenvalue weighted by molar-refractivity contribution is 5.89. The van der Waals surface area contributed by atoms with Gasteiger partial charge in [-0.3, -0.25) is 15.2 Å². The van der Waals surface area contributed by atoms with Crippen LogP contribution in [0.25, 0.3) is 11.0 Å². The largest absolute Gasteiger partial charge is 0.450 e. The van der Waals surface area contributed by atoms with Crippen LogP contribution in [0, 0.1) is 5.82 Å². The Morgan fingerprint density at radius 2 is 2.06 bits per heavy atom. The third kappa shape index (κ3) is 5.23. The first-order valence-electron chi connectivity index (χ1n) is 10.6. The van der Waals surface area contributed by atoms with E-state index in [9.17, 15) is 14.0 Å². The number of nitrogens with one attached hydrogen (secondary N) is 1. The molecule has 0 saturated carbocycles. The number of carbonyl (C=O) groups is 1. The molecule has 1 aliphatic heterocycles. The highest BCUT2D eigenvalue weighted by atomic mass is 19.1. The molecule has 1 aliphatic rings. The van der Waals surface area contributed by atoms with Gasteiger partial charge in [0.25, 0.3) is 0 Å². The Bertz CT molecular complexity index is 1170. The van der Waals surface area contributed by atoms with E-state index in [1.54, 1.807) is 25.3 Å². The quantitative estimate of drug-likeness (QED) is 0.607. The Hall–Kier alpha value is -3.46. The van der Waals surface area contributed by atoms with Gasteiger partial charge in [0.1, 0.15) is 11.4 Å². The molecule has 2 aromatic heterocycles. The zero-order valence-corrected chi connectivity index (χ0v) is 17.8. The first kappa shape index (κ1) is 21.8. The van der Waals surface area contributed by atoms with Gasteiger partial charge in [-0.05, 0) is 31.0 Å². The van der Waals surface area contributed by atoms with Gasteiger partial charge in [-0.1, -0.05) is 0 Å². The summed E-state index contributed by atoms with van der Waals surface area (Å²) in [7, 11) is 0. The number of pyridine rings is 1. The zero-order valence-electron chi connectivity index (χ0n) is 17.8. The topological polar surface area (TPSA) is 87.9 Å². The number of anilines is 2. The molecule has 0 unspecified atom stereocenters. The van der Waals surface area contributed by atoms with Crippen LogP contribution in [0.1, 0.15) is 18.9 Å². The molecule has 1 N–H and O–H groups in total. The summed E-state index contributed by atoms with van der Waals surface area (Å²) in [4.78, 5) is 32.2. The van der Waals surface area contributed by atoms with E-state index in [0.717, 1.165) is 49.2 Å². The number of hydrogen-bond acceptors (Lipinski definition) is 7. The van der Waals surface area contributed by atoms with Gasteiger partial charge in [0.05, 0.1) is 24.7 Å². The number of benzene rings is 1. The maximum atomic E-state index is 13.5. The molecule has 0 spiro atoms. The molecule has 0 bridgehead atoms. The fraction of sp³-hybridized carbons (Fsp3) is 0.348. The number of aromatic nitrogens is 1. The van der Waals surface area contributed by atoms with Crippen molar-refractivity contribution in [1.29, 1.82) is 0 Å². The number of ether oxygens (including phenoxy) is 1. The molecule has 3 heterocycles. The summed E-state index contributed by atoms with van der Waals surface area (Å²) in [6.07, 6.45) is 3.22. The van der Waals surface area contributed by atoms with Crippen molar-refractivity contribution in [3.8, 4) is 0 Å². The van der Waals surface area contributed by atoms with E-state index in [1.807, 2.05) is 6.07 Å². The Balaban J connectivity index is 1.50. The third-order valence-electron chi connectivity index (χ3n) is 5.39. The molecule has 0 radical (unpaired) electrons. The predicted molar refractivity (Wildman–Crippen MR) is 119 cm³/mol. The summed E-state index contributed by atoms with van der Waals surface area (Å²) >= 11 is 0. The molecular formula is C23H25FN4O4. The highest BCUT2D eigenvalue weighted by Gasteiger charge is 2.18. The third-order valence-corrected chi connectivity index (χ3v) is 5.39. The Morgan fingerprint density at radius 3 is 2.88 bits per heavy atom. The molecule has 1 amide bonds. The zero-order chi connectivity index (χ0) is 22.5. The number of amides is 1. The number of nitrogens with zero attached hydrogens (tertiary/aromatic N) is 3. The van der Waals surface area contributed by atoms with E-state index < -0.39 is 11.7 Å². The fourth-order valence-electron chi connectivity index (χ4n) is 3.93. The standard InChI is InChI=1S/C23H25FN4O4/c1-2-31-23(30)26-18-4-5-20-16(10-22(29)32-21(20)12-18)15-27-6-3-7-28(9-8-27)19-11-17(24)13-25-14-19/h4-5,10-14H,2-3,6-9,15H2,1H3,(H,26,30). The van der Waals surface area contributed by atoms with E-state index in [-0.39, 0.29) is 12.4 Å². The molecule has 168 valence electrons. The molecule has 1 fully saturated rings. The second kappa shape index (κ2) is 9.78. The molecule has 1 saturated heterocycles. The second-order valence-electron chi connectivity index (χ2n) is 7.63. The lowest BCUT2D eigenvalue weighted by atomic mass is 10.1. The smallest absolute Gasteiger partial charge is 0.411 e. The predicted octanol–water partition coefficient (Wildman–Crippen LogP) is 3.61. The first-order valence-corrected chi connectivity index (χ1v) is 10.6. The summed E-state index contributed by atoms with van der Waals surface area (Å²) in [6, 6.07) is 8.22. The van der Waals surface area contributed by atoms with Crippen LogP contribution in [0.3, 0.4) is 0 Å². The van der Waals surface area contributed by atoms with E-state index in [0.29, 0.717) is 17.8 Å². The van der Waals surface area contributed by atoms with Crippen LogP contribution in [0.4, 0.5) is 20.6 Å². The number of rotatable bonds is 5. The van der Waals surface area contributed by atoms with Gasteiger partial charge in [0, 0.05) is 62.0 Å². The van der Waals surface area contributed by atoms with Crippen molar-refractivity contribution in [3.05, 3.63) is 64.5 Å².